The van der Waals surface area contributed by atoms with Crippen molar-refractivity contribution < 1.29 is 27.9 Å². The molecule has 0 aliphatic carbocycles. The average Bonchev–Trinajstić information content (AvgIpc) is 2.97. The normalized spacial score (nSPS) is 12.9. The number of amides is 2. The molecular weight excluding hydrogens is 406 g/mol. The monoisotopic (exact) mass is 414 g/mol. The van der Waals surface area contributed by atoms with Crippen LogP contribution in [0.4, 0.5) is 14.5 Å². The lowest BCUT2D eigenvalue weighted by atomic mass is 10.1. The Balaban J connectivity index is 1.80. The molecule has 4 rings (SSSR count). The number of anilines is 1. The van der Waals surface area contributed by atoms with Crippen LogP contribution in [0.1, 0.15) is 31.2 Å². The van der Waals surface area contributed by atoms with Crippen LogP contribution in [-0.2, 0) is 0 Å². The van der Waals surface area contributed by atoms with Crippen molar-refractivity contribution in [1.82, 2.24) is 4.98 Å². The second kappa shape index (κ2) is 7.06. The first-order valence-corrected chi connectivity index (χ1v) is 8.57. The number of halogens is 3. The summed E-state index contributed by atoms with van der Waals surface area (Å²) in [7, 11) is 0. The maximum Gasteiger partial charge on any atom is 0.364 e. The Bertz CT molecular complexity index is 1150. The number of pyridine rings is 1. The van der Waals surface area contributed by atoms with Gasteiger partial charge in [-0.15, -0.1) is 0 Å². The summed E-state index contributed by atoms with van der Waals surface area (Å²) in [5, 5.41) is -0.723. The van der Waals surface area contributed by atoms with Crippen molar-refractivity contribution >= 4 is 35.1 Å². The second-order valence-electron chi connectivity index (χ2n) is 5.92. The van der Waals surface area contributed by atoms with Crippen LogP contribution in [0, 0.1) is 11.8 Å². The maximum absolute atomic E-state index is 14.5. The Morgan fingerprint density at radius 1 is 0.931 bits per heavy atom. The van der Waals surface area contributed by atoms with Crippen molar-refractivity contribution in [2.75, 3.05) is 4.90 Å². The van der Waals surface area contributed by atoms with Gasteiger partial charge in [-0.05, 0) is 24.3 Å². The summed E-state index contributed by atoms with van der Waals surface area (Å²) in [4.78, 5) is 41.2. The van der Waals surface area contributed by atoms with E-state index < -0.39 is 46.0 Å². The molecule has 1 aliphatic rings. The van der Waals surface area contributed by atoms with E-state index in [0.29, 0.717) is 4.90 Å². The molecule has 0 bridgehead atoms. The van der Waals surface area contributed by atoms with Gasteiger partial charge in [-0.25, -0.2) is 14.7 Å². The fourth-order valence-electron chi connectivity index (χ4n) is 2.87. The van der Waals surface area contributed by atoms with Crippen LogP contribution in [0.5, 0.6) is 5.75 Å². The zero-order valence-corrected chi connectivity index (χ0v) is 15.1. The third-order valence-electron chi connectivity index (χ3n) is 4.18. The van der Waals surface area contributed by atoms with Gasteiger partial charge in [0.2, 0.25) is 5.82 Å². The third kappa shape index (κ3) is 3.03. The standard InChI is InChI=1S/C20H9ClF2N2O4/c21-13-15(20(28)29-10-6-2-1-3-7-10)24-17(23)14(22)16(13)25-18(26)11-8-4-5-9-12(11)19(25)27/h1-9H. The smallest absolute Gasteiger partial charge is 0.364 e. The number of aromatic nitrogens is 1. The maximum atomic E-state index is 14.5. The number of fused-ring (bicyclic) bond motifs is 1. The molecule has 9 heteroatoms. The molecule has 29 heavy (non-hydrogen) atoms. The molecule has 2 heterocycles. The molecular formula is C20H9ClF2N2O4. The van der Waals surface area contributed by atoms with E-state index in [1.165, 1.54) is 36.4 Å². The second-order valence-corrected chi connectivity index (χ2v) is 6.30. The number of rotatable bonds is 3. The lowest BCUT2D eigenvalue weighted by molar-refractivity contribution is 0.0725. The summed E-state index contributed by atoms with van der Waals surface area (Å²) in [5.41, 5.74) is -1.68. The number of esters is 1. The van der Waals surface area contributed by atoms with Crippen LogP contribution in [0.2, 0.25) is 5.02 Å². The van der Waals surface area contributed by atoms with Crippen LogP contribution in [0.3, 0.4) is 0 Å². The fraction of sp³-hybridized carbons (Fsp3) is 0. The number of carbonyl (C=O) groups excluding carboxylic acids is 3. The average molecular weight is 415 g/mol. The first kappa shape index (κ1) is 18.7. The summed E-state index contributed by atoms with van der Waals surface area (Å²) in [6.07, 6.45) is 0. The van der Waals surface area contributed by atoms with Crippen molar-refractivity contribution in [3.63, 3.8) is 0 Å². The molecule has 0 fully saturated rings. The third-order valence-corrected chi connectivity index (χ3v) is 4.54. The minimum Gasteiger partial charge on any atom is -0.422 e. The molecule has 3 aromatic rings. The fourth-order valence-corrected chi connectivity index (χ4v) is 3.16. The van der Waals surface area contributed by atoms with Crippen molar-refractivity contribution in [3.05, 3.63) is 88.2 Å². The predicted octanol–water partition coefficient (Wildman–Crippen LogP) is 4.03. The van der Waals surface area contributed by atoms with E-state index in [9.17, 15) is 23.2 Å². The van der Waals surface area contributed by atoms with E-state index in [1.54, 1.807) is 18.2 Å². The Labute approximate surface area is 167 Å². The summed E-state index contributed by atoms with van der Waals surface area (Å²) < 4.78 is 33.7. The van der Waals surface area contributed by atoms with Gasteiger partial charge >= 0.3 is 5.97 Å². The van der Waals surface area contributed by atoms with E-state index in [2.05, 4.69) is 4.98 Å². The molecule has 1 aromatic heterocycles. The highest BCUT2D eigenvalue weighted by atomic mass is 35.5. The largest absolute Gasteiger partial charge is 0.422 e. The molecule has 2 amide bonds. The molecule has 144 valence electrons. The van der Waals surface area contributed by atoms with Gasteiger partial charge in [0, 0.05) is 0 Å². The van der Waals surface area contributed by atoms with E-state index in [1.807, 2.05) is 0 Å². The highest BCUT2D eigenvalue weighted by Gasteiger charge is 2.41. The van der Waals surface area contributed by atoms with Gasteiger partial charge in [0.05, 0.1) is 11.1 Å². The van der Waals surface area contributed by atoms with Gasteiger partial charge in [0.15, 0.2) is 5.69 Å². The van der Waals surface area contributed by atoms with Crippen LogP contribution >= 0.6 is 11.6 Å². The minimum absolute atomic E-state index is 0.00130. The van der Waals surface area contributed by atoms with Gasteiger partial charge in [-0.1, -0.05) is 41.9 Å². The number of hydrogen-bond donors (Lipinski definition) is 0. The Kier molecular flexibility index (Phi) is 4.56. The lowest BCUT2D eigenvalue weighted by Crippen LogP contribution is -2.32. The Hall–Kier alpha value is -3.65. The number of benzene rings is 2. The van der Waals surface area contributed by atoms with E-state index in [-0.39, 0.29) is 16.9 Å². The highest BCUT2D eigenvalue weighted by molar-refractivity contribution is 6.41. The molecule has 0 N–H and O–H groups in total. The molecule has 0 spiro atoms. The van der Waals surface area contributed by atoms with Crippen LogP contribution in [-0.4, -0.2) is 22.8 Å². The molecule has 0 atom stereocenters. The van der Waals surface area contributed by atoms with E-state index in [0.717, 1.165) is 0 Å². The topological polar surface area (TPSA) is 76.6 Å². The number of nitrogens with zero attached hydrogens (tertiary/aromatic N) is 2. The molecule has 0 saturated carbocycles. The Morgan fingerprint density at radius 2 is 1.48 bits per heavy atom. The van der Waals surface area contributed by atoms with Crippen molar-refractivity contribution in [3.8, 4) is 5.75 Å². The van der Waals surface area contributed by atoms with Gasteiger partial charge < -0.3 is 4.74 Å². The van der Waals surface area contributed by atoms with Crippen molar-refractivity contribution in [1.29, 1.82) is 0 Å². The quantitative estimate of drug-likeness (QED) is 0.280. The number of carbonyl (C=O) groups is 3. The molecule has 0 saturated heterocycles. The summed E-state index contributed by atoms with van der Waals surface area (Å²) in [5.74, 6) is -6.22. The highest BCUT2D eigenvalue weighted by Crippen LogP contribution is 2.37. The number of hydrogen-bond acceptors (Lipinski definition) is 5. The van der Waals surface area contributed by atoms with Crippen LogP contribution < -0.4 is 9.64 Å². The predicted molar refractivity (Wildman–Crippen MR) is 98.1 cm³/mol. The number of para-hydroxylation sites is 1. The van der Waals surface area contributed by atoms with Crippen molar-refractivity contribution in [2.45, 2.75) is 0 Å². The Morgan fingerprint density at radius 3 is 2.07 bits per heavy atom. The van der Waals surface area contributed by atoms with Gasteiger partial charge in [-0.2, -0.15) is 8.78 Å². The number of imide groups is 1. The first-order chi connectivity index (χ1) is 13.9. The minimum atomic E-state index is -1.71. The molecule has 6 nitrogen and oxygen atoms in total. The zero-order valence-electron chi connectivity index (χ0n) is 14.4. The molecule has 1 aliphatic heterocycles. The van der Waals surface area contributed by atoms with Crippen molar-refractivity contribution in [2.24, 2.45) is 0 Å². The van der Waals surface area contributed by atoms with Crippen LogP contribution in [0.15, 0.2) is 54.6 Å². The first-order valence-electron chi connectivity index (χ1n) is 8.19. The van der Waals surface area contributed by atoms with Gasteiger partial charge in [-0.3, -0.25) is 9.59 Å². The van der Waals surface area contributed by atoms with Crippen LogP contribution in [0.25, 0.3) is 0 Å². The summed E-state index contributed by atoms with van der Waals surface area (Å²) in [6.45, 7) is 0. The van der Waals surface area contributed by atoms with Gasteiger partial charge in [0.1, 0.15) is 16.5 Å². The molecule has 2 aromatic carbocycles. The molecule has 0 radical (unpaired) electrons. The van der Waals surface area contributed by atoms with E-state index in [4.69, 9.17) is 16.3 Å². The summed E-state index contributed by atoms with van der Waals surface area (Å²) >= 11 is 6.08. The van der Waals surface area contributed by atoms with Gasteiger partial charge in [0.25, 0.3) is 17.8 Å². The van der Waals surface area contributed by atoms with E-state index >= 15 is 0 Å². The molecule has 0 unspecified atom stereocenters. The number of ether oxygens (including phenoxy) is 1. The lowest BCUT2D eigenvalue weighted by Gasteiger charge is -2.18. The SMILES string of the molecule is O=C(Oc1ccccc1)c1nc(F)c(F)c(N2C(=O)c3ccccc3C2=O)c1Cl. The summed E-state index contributed by atoms with van der Waals surface area (Å²) in [6, 6.07) is 13.5. The zero-order chi connectivity index (χ0) is 20.7.